The second-order valence-corrected chi connectivity index (χ2v) is 6.90. The molecule has 17 heavy (non-hydrogen) atoms. The summed E-state index contributed by atoms with van der Waals surface area (Å²) in [4.78, 5) is 2.54. The Hall–Kier alpha value is 0.230. The number of benzene rings is 1. The summed E-state index contributed by atoms with van der Waals surface area (Å²) in [6, 6.07) is 10.2. The topological polar surface area (TPSA) is 0 Å². The number of hydrogen-bond acceptors (Lipinski definition) is 1. The maximum atomic E-state index is 6.48. The molecule has 1 unspecified atom stereocenters. The maximum absolute atomic E-state index is 6.48. The van der Waals surface area contributed by atoms with Crippen LogP contribution in [0, 0.1) is 3.57 Å². The van der Waals surface area contributed by atoms with Crippen LogP contribution in [0.3, 0.4) is 0 Å². The van der Waals surface area contributed by atoms with Crippen molar-refractivity contribution >= 4 is 57.1 Å². The van der Waals surface area contributed by atoms with Gasteiger partial charge in [-0.2, -0.15) is 0 Å². The Kier molecular flexibility index (Phi) is 4.75. The van der Waals surface area contributed by atoms with Gasteiger partial charge in [0.05, 0.1) is 10.4 Å². The van der Waals surface area contributed by atoms with Crippen molar-refractivity contribution < 1.29 is 0 Å². The van der Waals surface area contributed by atoms with Gasteiger partial charge < -0.3 is 0 Å². The van der Waals surface area contributed by atoms with Crippen molar-refractivity contribution in [1.29, 1.82) is 0 Å². The molecule has 0 amide bonds. The van der Waals surface area contributed by atoms with Crippen LogP contribution in [0.1, 0.15) is 27.6 Å². The van der Waals surface area contributed by atoms with Crippen molar-refractivity contribution in [1.82, 2.24) is 0 Å². The Balaban J connectivity index is 2.29. The Morgan fingerprint density at radius 3 is 2.65 bits per heavy atom. The molecule has 0 bridgehead atoms. The van der Waals surface area contributed by atoms with Crippen LogP contribution in [-0.4, -0.2) is 0 Å². The average Bonchev–Trinajstić information content (AvgIpc) is 2.80. The molecule has 0 saturated heterocycles. The van der Waals surface area contributed by atoms with E-state index in [0.717, 1.165) is 20.6 Å². The maximum Gasteiger partial charge on any atom is 0.0928 e. The van der Waals surface area contributed by atoms with Crippen LogP contribution >= 0.6 is 57.1 Å². The fourth-order valence-electron chi connectivity index (χ4n) is 1.56. The van der Waals surface area contributed by atoms with Crippen molar-refractivity contribution in [2.24, 2.45) is 0 Å². The molecule has 90 valence electrons. The minimum atomic E-state index is -0.102. The van der Waals surface area contributed by atoms with Crippen LogP contribution in [0.2, 0.25) is 5.02 Å². The molecule has 0 nitrogen and oxygen atoms in total. The normalized spacial score (nSPS) is 12.7. The van der Waals surface area contributed by atoms with E-state index in [9.17, 15) is 0 Å². The SMILES string of the molecule is CCc1ccc(C(Cl)c2ccc(I)c(Cl)c2)s1. The Morgan fingerprint density at radius 1 is 1.29 bits per heavy atom. The molecule has 0 saturated carbocycles. The molecule has 0 aliphatic carbocycles. The quantitative estimate of drug-likeness (QED) is 0.447. The zero-order valence-electron chi connectivity index (χ0n) is 9.21. The lowest BCUT2D eigenvalue weighted by Gasteiger charge is -2.08. The molecule has 2 aromatic rings. The molecule has 1 atom stereocenters. The first-order valence-electron chi connectivity index (χ1n) is 5.29. The van der Waals surface area contributed by atoms with Crippen molar-refractivity contribution in [3.8, 4) is 0 Å². The zero-order chi connectivity index (χ0) is 12.4. The molecule has 0 N–H and O–H groups in total. The summed E-state index contributed by atoms with van der Waals surface area (Å²) < 4.78 is 1.05. The zero-order valence-corrected chi connectivity index (χ0v) is 13.7. The van der Waals surface area contributed by atoms with E-state index in [1.165, 1.54) is 9.75 Å². The summed E-state index contributed by atoms with van der Waals surface area (Å²) >= 11 is 16.6. The van der Waals surface area contributed by atoms with E-state index >= 15 is 0 Å². The second kappa shape index (κ2) is 5.91. The molecular weight excluding hydrogens is 386 g/mol. The second-order valence-electron chi connectivity index (χ2n) is 3.69. The third kappa shape index (κ3) is 3.16. The van der Waals surface area contributed by atoms with Gasteiger partial charge in [-0.25, -0.2) is 0 Å². The minimum absolute atomic E-state index is 0.102. The van der Waals surface area contributed by atoms with Gasteiger partial charge in [-0.05, 0) is 58.8 Å². The first kappa shape index (κ1) is 13.7. The van der Waals surface area contributed by atoms with Crippen LogP contribution in [0.4, 0.5) is 0 Å². The van der Waals surface area contributed by atoms with Crippen molar-refractivity contribution in [3.63, 3.8) is 0 Å². The van der Waals surface area contributed by atoms with E-state index in [1.54, 1.807) is 11.3 Å². The van der Waals surface area contributed by atoms with Gasteiger partial charge in [0, 0.05) is 13.3 Å². The van der Waals surface area contributed by atoms with E-state index in [4.69, 9.17) is 23.2 Å². The number of rotatable bonds is 3. The number of aryl methyl sites for hydroxylation is 1. The van der Waals surface area contributed by atoms with E-state index in [2.05, 4.69) is 41.6 Å². The van der Waals surface area contributed by atoms with Crippen LogP contribution in [0.25, 0.3) is 0 Å². The highest BCUT2D eigenvalue weighted by Crippen LogP contribution is 2.35. The highest BCUT2D eigenvalue weighted by molar-refractivity contribution is 14.1. The fraction of sp³-hybridized carbons (Fsp3) is 0.231. The average molecular weight is 397 g/mol. The minimum Gasteiger partial charge on any atom is -0.143 e. The molecule has 0 aliphatic heterocycles. The van der Waals surface area contributed by atoms with Crippen LogP contribution in [0.15, 0.2) is 30.3 Å². The van der Waals surface area contributed by atoms with Gasteiger partial charge in [-0.3, -0.25) is 0 Å². The highest BCUT2D eigenvalue weighted by Gasteiger charge is 2.14. The van der Waals surface area contributed by atoms with Crippen LogP contribution in [0.5, 0.6) is 0 Å². The lowest BCUT2D eigenvalue weighted by Crippen LogP contribution is -1.90. The molecule has 2 rings (SSSR count). The molecule has 1 aromatic heterocycles. The summed E-state index contributed by atoms with van der Waals surface area (Å²) in [5.74, 6) is 0. The third-order valence-electron chi connectivity index (χ3n) is 2.52. The van der Waals surface area contributed by atoms with Crippen LogP contribution < -0.4 is 0 Å². The summed E-state index contributed by atoms with van der Waals surface area (Å²) in [5.41, 5.74) is 1.06. The largest absolute Gasteiger partial charge is 0.143 e. The van der Waals surface area contributed by atoms with E-state index < -0.39 is 0 Å². The smallest absolute Gasteiger partial charge is 0.0928 e. The predicted molar refractivity (Wildman–Crippen MR) is 85.6 cm³/mol. The molecule has 4 heteroatoms. The van der Waals surface area contributed by atoms with E-state index in [0.29, 0.717) is 0 Å². The Morgan fingerprint density at radius 2 is 2.06 bits per heavy atom. The Bertz CT molecular complexity index is 522. The van der Waals surface area contributed by atoms with Crippen molar-refractivity contribution in [3.05, 3.63) is 54.2 Å². The molecule has 0 fully saturated rings. The monoisotopic (exact) mass is 396 g/mol. The third-order valence-corrected chi connectivity index (χ3v) is 6.00. The van der Waals surface area contributed by atoms with Gasteiger partial charge >= 0.3 is 0 Å². The molecule has 0 radical (unpaired) electrons. The number of alkyl halides is 1. The van der Waals surface area contributed by atoms with Gasteiger partial charge in [0.2, 0.25) is 0 Å². The van der Waals surface area contributed by atoms with Crippen LogP contribution in [-0.2, 0) is 6.42 Å². The first-order chi connectivity index (χ1) is 8.11. The van der Waals surface area contributed by atoms with Gasteiger partial charge in [0.15, 0.2) is 0 Å². The number of hydrogen-bond donors (Lipinski definition) is 0. The number of halogens is 3. The molecule has 0 spiro atoms. The van der Waals surface area contributed by atoms with Crippen molar-refractivity contribution in [2.45, 2.75) is 18.7 Å². The molecule has 1 aromatic carbocycles. The lowest BCUT2D eigenvalue weighted by molar-refractivity contribution is 1.18. The predicted octanol–water partition coefficient (Wildman–Crippen LogP) is 5.90. The van der Waals surface area contributed by atoms with Crippen molar-refractivity contribution in [2.75, 3.05) is 0 Å². The first-order valence-corrected chi connectivity index (χ1v) is 8.00. The highest BCUT2D eigenvalue weighted by atomic mass is 127. The summed E-state index contributed by atoms with van der Waals surface area (Å²) in [5, 5.41) is 0.663. The summed E-state index contributed by atoms with van der Waals surface area (Å²) in [6.45, 7) is 2.15. The summed E-state index contributed by atoms with van der Waals surface area (Å²) in [7, 11) is 0. The Labute approximate surface area is 129 Å². The molecular formula is C13H11Cl2IS. The molecule has 1 heterocycles. The number of thiophene rings is 1. The van der Waals surface area contributed by atoms with E-state index in [-0.39, 0.29) is 5.38 Å². The standard InChI is InChI=1S/C13H11Cl2IS/c1-2-9-4-6-12(17-9)13(15)8-3-5-11(16)10(14)7-8/h3-7,13H,2H2,1H3. The lowest BCUT2D eigenvalue weighted by atomic mass is 10.1. The van der Waals surface area contributed by atoms with E-state index in [1.807, 2.05) is 18.2 Å². The van der Waals surface area contributed by atoms with Gasteiger partial charge in [-0.15, -0.1) is 22.9 Å². The van der Waals surface area contributed by atoms with Gasteiger partial charge in [0.1, 0.15) is 0 Å². The van der Waals surface area contributed by atoms with Gasteiger partial charge in [-0.1, -0.05) is 24.6 Å². The molecule has 0 aliphatic rings. The fourth-order valence-corrected chi connectivity index (χ4v) is 3.38. The summed E-state index contributed by atoms with van der Waals surface area (Å²) in [6.07, 6.45) is 1.06. The van der Waals surface area contributed by atoms with Gasteiger partial charge in [0.25, 0.3) is 0 Å².